The van der Waals surface area contributed by atoms with Crippen LogP contribution in [0.3, 0.4) is 0 Å². The molecule has 0 saturated heterocycles. The van der Waals surface area contributed by atoms with Gasteiger partial charge in [0.1, 0.15) is 11.3 Å². The van der Waals surface area contributed by atoms with E-state index < -0.39 is 11.6 Å². The molecule has 1 N–H and O–H groups in total. The first-order valence-electron chi connectivity index (χ1n) is 9.39. The third kappa shape index (κ3) is 10.5. The molecule has 0 radical (unpaired) electrons. The van der Waals surface area contributed by atoms with Gasteiger partial charge in [0, 0.05) is 6.54 Å². The Hall–Kier alpha value is -1.38. The van der Waals surface area contributed by atoms with Crippen LogP contribution in [0.15, 0.2) is 18.2 Å². The van der Waals surface area contributed by atoms with Gasteiger partial charge < -0.3 is 14.8 Å². The van der Waals surface area contributed by atoms with Crippen molar-refractivity contribution in [2.45, 2.75) is 68.8 Å². The van der Waals surface area contributed by atoms with Crippen molar-refractivity contribution in [1.29, 1.82) is 0 Å². The number of hydrogen-bond acceptors (Lipinski definition) is 5. The van der Waals surface area contributed by atoms with E-state index in [1.807, 2.05) is 32.9 Å². The quantitative estimate of drug-likeness (QED) is 0.211. The fourth-order valence-corrected chi connectivity index (χ4v) is 3.26. The summed E-state index contributed by atoms with van der Waals surface area (Å²) in [5, 5.41) is 2.78. The van der Waals surface area contributed by atoms with E-state index in [9.17, 15) is 9.59 Å². The Bertz CT molecular complexity index is 602. The van der Waals surface area contributed by atoms with Crippen LogP contribution in [-0.4, -0.2) is 36.3 Å². The van der Waals surface area contributed by atoms with Crippen molar-refractivity contribution in [3.63, 3.8) is 0 Å². The van der Waals surface area contributed by atoms with Gasteiger partial charge in [0.05, 0.1) is 16.7 Å². The average Bonchev–Trinajstić information content (AvgIpc) is 2.61. The van der Waals surface area contributed by atoms with Crippen molar-refractivity contribution in [3.8, 4) is 0 Å². The molecule has 0 aromatic carbocycles. The van der Waals surface area contributed by atoms with E-state index in [2.05, 4.69) is 32.9 Å². The Balaban J connectivity index is 2.14. The minimum atomic E-state index is -0.453. The highest BCUT2D eigenvalue weighted by Crippen LogP contribution is 2.28. The van der Waals surface area contributed by atoms with Gasteiger partial charge in [-0.05, 0) is 45.7 Å². The minimum absolute atomic E-state index is 0.279. The molecule has 0 fully saturated rings. The molecule has 1 atom stereocenters. The van der Waals surface area contributed by atoms with Crippen LogP contribution in [0.25, 0.3) is 0 Å². The molecule has 0 spiro atoms. The number of carbonyl (C=O) groups is 2. The topological polar surface area (TPSA) is 77.5 Å². The fourth-order valence-electron chi connectivity index (χ4n) is 2.48. The summed E-state index contributed by atoms with van der Waals surface area (Å²) in [5.41, 5.74) is 0.819. The number of nitrogens with one attached hydrogen (secondary N) is 1. The van der Waals surface area contributed by atoms with E-state index in [-0.39, 0.29) is 10.0 Å². The van der Waals surface area contributed by atoms with E-state index in [1.54, 1.807) is 6.07 Å². The van der Waals surface area contributed by atoms with Crippen molar-refractivity contribution in [1.82, 2.24) is 10.3 Å². The van der Waals surface area contributed by atoms with Gasteiger partial charge in [-0.2, -0.15) is 0 Å². The van der Waals surface area contributed by atoms with Gasteiger partial charge in [-0.25, -0.2) is 14.6 Å². The molecule has 152 valence electrons. The van der Waals surface area contributed by atoms with E-state index in [0.717, 1.165) is 44.2 Å². The standard InChI is InChI=1S/C20H31IN2O4/c1-20(2,3)27-19(25)22-14-9-7-5-6-8-11-15(21)16-12-10-13-17(23-16)18(24)26-4/h10,12-13,15H,5-9,11,14H2,1-4H3,(H,22,25). The number of pyridine rings is 1. The summed E-state index contributed by atoms with van der Waals surface area (Å²) < 4.78 is 10.2. The Morgan fingerprint density at radius 1 is 1.15 bits per heavy atom. The number of esters is 1. The number of rotatable bonds is 10. The minimum Gasteiger partial charge on any atom is -0.464 e. The zero-order chi connectivity index (χ0) is 20.3. The highest BCUT2D eigenvalue weighted by molar-refractivity contribution is 14.1. The van der Waals surface area contributed by atoms with E-state index in [0.29, 0.717) is 12.2 Å². The number of carbonyl (C=O) groups excluding carboxylic acids is 2. The summed E-state index contributed by atoms with van der Waals surface area (Å²) in [4.78, 5) is 27.5. The SMILES string of the molecule is COC(=O)c1cccc(C(I)CCCCCCCNC(=O)OC(C)(C)C)n1. The molecule has 1 rings (SSSR count). The number of unbranched alkanes of at least 4 members (excludes halogenated alkanes) is 4. The van der Waals surface area contributed by atoms with Crippen molar-refractivity contribution >= 4 is 34.7 Å². The Kier molecular flexibility index (Phi) is 10.6. The van der Waals surface area contributed by atoms with Crippen molar-refractivity contribution in [2.75, 3.05) is 13.7 Å². The lowest BCUT2D eigenvalue weighted by molar-refractivity contribution is 0.0525. The van der Waals surface area contributed by atoms with Crippen LogP contribution in [0.5, 0.6) is 0 Å². The van der Waals surface area contributed by atoms with Crippen LogP contribution < -0.4 is 5.32 Å². The maximum atomic E-state index is 11.6. The van der Waals surface area contributed by atoms with E-state index in [4.69, 9.17) is 9.47 Å². The van der Waals surface area contributed by atoms with Gasteiger partial charge in [0.15, 0.2) is 0 Å². The zero-order valence-electron chi connectivity index (χ0n) is 16.7. The second-order valence-electron chi connectivity index (χ2n) is 7.39. The van der Waals surface area contributed by atoms with E-state index in [1.165, 1.54) is 7.11 Å². The molecule has 0 aliphatic heterocycles. The molecular weight excluding hydrogens is 459 g/mol. The van der Waals surface area contributed by atoms with Crippen LogP contribution >= 0.6 is 22.6 Å². The summed E-state index contributed by atoms with van der Waals surface area (Å²) in [6, 6.07) is 5.47. The van der Waals surface area contributed by atoms with Gasteiger partial charge in [0.2, 0.25) is 0 Å². The van der Waals surface area contributed by atoms with Gasteiger partial charge in [-0.1, -0.05) is 54.3 Å². The van der Waals surface area contributed by atoms with Gasteiger partial charge in [0.25, 0.3) is 0 Å². The van der Waals surface area contributed by atoms with Crippen LogP contribution in [0.1, 0.15) is 79.4 Å². The third-order valence-corrected chi connectivity index (χ3v) is 5.05. The molecule has 7 heteroatoms. The normalized spacial score (nSPS) is 12.3. The Morgan fingerprint density at radius 3 is 2.48 bits per heavy atom. The summed E-state index contributed by atoms with van der Waals surface area (Å²) in [5.74, 6) is -0.402. The molecule has 0 aliphatic carbocycles. The molecule has 1 amide bonds. The van der Waals surface area contributed by atoms with Gasteiger partial charge in [-0.15, -0.1) is 0 Å². The summed E-state index contributed by atoms with van der Waals surface area (Å²) in [6.07, 6.45) is 6.09. The number of amides is 1. The predicted octanol–water partition coefficient (Wildman–Crippen LogP) is 5.21. The lowest BCUT2D eigenvalue weighted by Crippen LogP contribution is -2.32. The Labute approximate surface area is 175 Å². The zero-order valence-corrected chi connectivity index (χ0v) is 18.9. The summed E-state index contributed by atoms with van der Waals surface area (Å²) in [6.45, 7) is 6.21. The summed E-state index contributed by atoms with van der Waals surface area (Å²) in [7, 11) is 1.36. The molecule has 1 aromatic heterocycles. The van der Waals surface area contributed by atoms with Crippen LogP contribution in [0.4, 0.5) is 4.79 Å². The van der Waals surface area contributed by atoms with Crippen LogP contribution in [0.2, 0.25) is 0 Å². The lowest BCUT2D eigenvalue weighted by Gasteiger charge is -2.19. The number of alkyl halides is 1. The molecule has 27 heavy (non-hydrogen) atoms. The van der Waals surface area contributed by atoms with Crippen LogP contribution in [-0.2, 0) is 9.47 Å². The van der Waals surface area contributed by atoms with Crippen LogP contribution in [0, 0.1) is 0 Å². The predicted molar refractivity (Wildman–Crippen MR) is 114 cm³/mol. The Morgan fingerprint density at radius 2 is 1.81 bits per heavy atom. The van der Waals surface area contributed by atoms with Gasteiger partial charge >= 0.3 is 12.1 Å². The monoisotopic (exact) mass is 490 g/mol. The molecule has 1 heterocycles. The van der Waals surface area contributed by atoms with E-state index >= 15 is 0 Å². The largest absolute Gasteiger partial charge is 0.464 e. The number of methoxy groups -OCH3 is 1. The maximum Gasteiger partial charge on any atom is 0.407 e. The molecule has 0 bridgehead atoms. The first-order chi connectivity index (χ1) is 12.7. The fraction of sp³-hybridized carbons (Fsp3) is 0.650. The first-order valence-corrected chi connectivity index (χ1v) is 10.6. The number of ether oxygens (including phenoxy) is 2. The summed E-state index contributed by atoms with van der Waals surface area (Å²) >= 11 is 2.38. The number of halogens is 1. The molecule has 0 aliphatic rings. The maximum absolute atomic E-state index is 11.6. The van der Waals surface area contributed by atoms with Crippen molar-refractivity contribution in [2.24, 2.45) is 0 Å². The average molecular weight is 490 g/mol. The number of alkyl carbamates (subject to hydrolysis) is 1. The second-order valence-corrected chi connectivity index (χ2v) is 8.90. The van der Waals surface area contributed by atoms with Crippen molar-refractivity contribution in [3.05, 3.63) is 29.6 Å². The second kappa shape index (κ2) is 12.2. The highest BCUT2D eigenvalue weighted by Gasteiger charge is 2.15. The molecule has 6 nitrogen and oxygen atoms in total. The third-order valence-electron chi connectivity index (χ3n) is 3.79. The molecule has 1 aromatic rings. The number of hydrogen-bond donors (Lipinski definition) is 1. The van der Waals surface area contributed by atoms with Gasteiger partial charge in [-0.3, -0.25) is 0 Å². The first kappa shape index (κ1) is 23.7. The van der Waals surface area contributed by atoms with Crippen molar-refractivity contribution < 1.29 is 19.1 Å². The number of aromatic nitrogens is 1. The lowest BCUT2D eigenvalue weighted by atomic mass is 10.1. The molecule has 0 saturated carbocycles. The highest BCUT2D eigenvalue weighted by atomic mass is 127. The molecular formula is C20H31IN2O4. The number of nitrogens with zero attached hydrogens (tertiary/aromatic N) is 1. The molecule has 1 unspecified atom stereocenters. The smallest absolute Gasteiger partial charge is 0.407 e.